The largest absolute Gasteiger partial charge is 0.330 e. The van der Waals surface area contributed by atoms with Crippen LogP contribution in [0.3, 0.4) is 0 Å². The number of aryl methyl sites for hydroxylation is 1. The number of rotatable bonds is 3. The lowest BCUT2D eigenvalue weighted by atomic mass is 10.3. The molecule has 0 aliphatic heterocycles. The van der Waals surface area contributed by atoms with Gasteiger partial charge in [-0.15, -0.1) is 22.7 Å². The maximum absolute atomic E-state index is 5.51. The van der Waals surface area contributed by atoms with Gasteiger partial charge < -0.3 is 5.73 Å². The molecule has 2 aromatic heterocycles. The normalized spacial score (nSPS) is 10.7. The third-order valence-corrected chi connectivity index (χ3v) is 3.86. The summed E-state index contributed by atoms with van der Waals surface area (Å²) in [5.41, 5.74) is 6.60. The lowest BCUT2D eigenvalue weighted by Gasteiger charge is -1.90. The second kappa shape index (κ2) is 4.21. The van der Waals surface area contributed by atoms with Crippen molar-refractivity contribution in [3.63, 3.8) is 0 Å². The zero-order valence-electron chi connectivity index (χ0n) is 7.99. The summed E-state index contributed by atoms with van der Waals surface area (Å²) in [6.45, 7) is 2.75. The molecule has 0 aliphatic carbocycles. The SMILES string of the molecule is Cc1nc(-c2ccc(CCN)s2)cs1. The van der Waals surface area contributed by atoms with Gasteiger partial charge in [0.25, 0.3) is 0 Å². The molecule has 0 bridgehead atoms. The van der Waals surface area contributed by atoms with E-state index in [4.69, 9.17) is 5.73 Å². The quantitative estimate of drug-likeness (QED) is 0.870. The number of aromatic nitrogens is 1. The van der Waals surface area contributed by atoms with E-state index in [1.807, 2.05) is 6.92 Å². The molecule has 0 amide bonds. The zero-order chi connectivity index (χ0) is 9.97. The van der Waals surface area contributed by atoms with Crippen LogP contribution in [0.25, 0.3) is 10.6 Å². The molecule has 0 unspecified atom stereocenters. The van der Waals surface area contributed by atoms with E-state index < -0.39 is 0 Å². The number of hydrogen-bond donors (Lipinski definition) is 1. The second-order valence-electron chi connectivity index (χ2n) is 3.06. The van der Waals surface area contributed by atoms with Crippen molar-refractivity contribution < 1.29 is 0 Å². The van der Waals surface area contributed by atoms with Crippen LogP contribution in [0.4, 0.5) is 0 Å². The van der Waals surface area contributed by atoms with Gasteiger partial charge in [0.05, 0.1) is 15.6 Å². The Balaban J connectivity index is 2.24. The van der Waals surface area contributed by atoms with E-state index in [2.05, 4.69) is 22.5 Å². The van der Waals surface area contributed by atoms with Gasteiger partial charge in [-0.25, -0.2) is 4.98 Å². The Morgan fingerprint density at radius 3 is 2.93 bits per heavy atom. The number of nitrogens with two attached hydrogens (primary N) is 1. The van der Waals surface area contributed by atoms with E-state index >= 15 is 0 Å². The van der Waals surface area contributed by atoms with E-state index in [1.165, 1.54) is 9.75 Å². The highest BCUT2D eigenvalue weighted by Crippen LogP contribution is 2.28. The molecule has 0 saturated heterocycles. The Bertz CT molecular complexity index is 417. The topological polar surface area (TPSA) is 38.9 Å². The summed E-state index contributed by atoms with van der Waals surface area (Å²) in [5.74, 6) is 0. The summed E-state index contributed by atoms with van der Waals surface area (Å²) < 4.78 is 0. The first-order valence-electron chi connectivity index (χ1n) is 4.51. The van der Waals surface area contributed by atoms with Gasteiger partial charge in [0, 0.05) is 10.3 Å². The minimum Gasteiger partial charge on any atom is -0.330 e. The van der Waals surface area contributed by atoms with Crippen molar-refractivity contribution in [3.05, 3.63) is 27.4 Å². The molecule has 0 radical (unpaired) electrons. The van der Waals surface area contributed by atoms with Crippen LogP contribution in [-0.4, -0.2) is 11.5 Å². The van der Waals surface area contributed by atoms with Gasteiger partial charge >= 0.3 is 0 Å². The Hall–Kier alpha value is -0.710. The van der Waals surface area contributed by atoms with Gasteiger partial charge in [-0.05, 0) is 32.0 Å². The van der Waals surface area contributed by atoms with E-state index in [0.29, 0.717) is 0 Å². The second-order valence-corrected chi connectivity index (χ2v) is 5.29. The van der Waals surface area contributed by atoms with Crippen LogP contribution in [0.5, 0.6) is 0 Å². The fourth-order valence-corrected chi connectivity index (χ4v) is 2.94. The standard InChI is InChI=1S/C10H12N2S2/c1-7-12-9(6-13-7)10-3-2-8(14-10)4-5-11/h2-3,6H,4-5,11H2,1H3. The summed E-state index contributed by atoms with van der Waals surface area (Å²) >= 11 is 3.48. The molecule has 0 spiro atoms. The molecular formula is C10H12N2S2. The smallest absolute Gasteiger partial charge is 0.0914 e. The van der Waals surface area contributed by atoms with Crippen molar-refractivity contribution in [1.82, 2.24) is 4.98 Å². The van der Waals surface area contributed by atoms with Crippen LogP contribution in [0.2, 0.25) is 0 Å². The average Bonchev–Trinajstić information content (AvgIpc) is 2.74. The lowest BCUT2D eigenvalue weighted by Crippen LogP contribution is -2.00. The van der Waals surface area contributed by atoms with E-state index in [0.717, 1.165) is 23.7 Å². The number of thiazole rings is 1. The van der Waals surface area contributed by atoms with Gasteiger partial charge in [0.2, 0.25) is 0 Å². The van der Waals surface area contributed by atoms with Crippen molar-refractivity contribution in [1.29, 1.82) is 0 Å². The first-order valence-corrected chi connectivity index (χ1v) is 6.20. The molecule has 0 aromatic carbocycles. The number of hydrogen-bond acceptors (Lipinski definition) is 4. The predicted molar refractivity (Wildman–Crippen MR) is 62.9 cm³/mol. The summed E-state index contributed by atoms with van der Waals surface area (Å²) in [6, 6.07) is 4.27. The summed E-state index contributed by atoms with van der Waals surface area (Å²) in [5, 5.41) is 3.22. The number of thiophene rings is 1. The van der Waals surface area contributed by atoms with Crippen LogP contribution in [0, 0.1) is 6.92 Å². The van der Waals surface area contributed by atoms with Gasteiger partial charge in [-0.1, -0.05) is 0 Å². The third kappa shape index (κ3) is 2.03. The van der Waals surface area contributed by atoms with E-state index in [1.54, 1.807) is 22.7 Å². The van der Waals surface area contributed by atoms with Crippen LogP contribution in [0.1, 0.15) is 9.88 Å². The van der Waals surface area contributed by atoms with E-state index in [9.17, 15) is 0 Å². The third-order valence-electron chi connectivity index (χ3n) is 1.92. The predicted octanol–water partition coefficient (Wildman–Crippen LogP) is 2.68. The Morgan fingerprint density at radius 2 is 2.29 bits per heavy atom. The van der Waals surface area contributed by atoms with Gasteiger partial charge in [0.1, 0.15) is 0 Å². The molecule has 4 heteroatoms. The molecule has 0 saturated carbocycles. The molecule has 2 N–H and O–H groups in total. The van der Waals surface area contributed by atoms with Crippen LogP contribution < -0.4 is 5.73 Å². The molecule has 2 rings (SSSR count). The Morgan fingerprint density at radius 1 is 1.43 bits per heavy atom. The maximum atomic E-state index is 5.51. The van der Waals surface area contributed by atoms with E-state index in [-0.39, 0.29) is 0 Å². The highest BCUT2D eigenvalue weighted by molar-refractivity contribution is 7.16. The summed E-state index contributed by atoms with van der Waals surface area (Å²) in [6.07, 6.45) is 0.966. The molecule has 0 aliphatic rings. The molecule has 2 nitrogen and oxygen atoms in total. The van der Waals surface area contributed by atoms with Crippen LogP contribution in [-0.2, 0) is 6.42 Å². The monoisotopic (exact) mass is 224 g/mol. The van der Waals surface area contributed by atoms with Gasteiger partial charge in [-0.2, -0.15) is 0 Å². The minimum atomic E-state index is 0.718. The fraction of sp³-hybridized carbons (Fsp3) is 0.300. The number of nitrogens with zero attached hydrogens (tertiary/aromatic N) is 1. The maximum Gasteiger partial charge on any atom is 0.0914 e. The van der Waals surface area contributed by atoms with Crippen molar-refractivity contribution in [2.45, 2.75) is 13.3 Å². The highest BCUT2D eigenvalue weighted by Gasteiger charge is 2.05. The van der Waals surface area contributed by atoms with Crippen LogP contribution >= 0.6 is 22.7 Å². The average molecular weight is 224 g/mol. The van der Waals surface area contributed by atoms with Crippen molar-refractivity contribution >= 4 is 22.7 Å². The Kier molecular flexibility index (Phi) is 2.96. The van der Waals surface area contributed by atoms with Crippen LogP contribution in [0.15, 0.2) is 17.5 Å². The van der Waals surface area contributed by atoms with Crippen molar-refractivity contribution in [2.24, 2.45) is 5.73 Å². The molecular weight excluding hydrogens is 212 g/mol. The lowest BCUT2D eigenvalue weighted by molar-refractivity contribution is 0.989. The minimum absolute atomic E-state index is 0.718. The molecule has 0 fully saturated rings. The summed E-state index contributed by atoms with van der Waals surface area (Å²) in [4.78, 5) is 7.04. The van der Waals surface area contributed by atoms with Crippen molar-refractivity contribution in [3.8, 4) is 10.6 Å². The molecule has 74 valence electrons. The summed E-state index contributed by atoms with van der Waals surface area (Å²) in [7, 11) is 0. The molecule has 0 atom stereocenters. The molecule has 2 aromatic rings. The van der Waals surface area contributed by atoms with Gasteiger partial charge in [0.15, 0.2) is 0 Å². The molecule has 14 heavy (non-hydrogen) atoms. The molecule has 2 heterocycles. The van der Waals surface area contributed by atoms with Crippen molar-refractivity contribution in [2.75, 3.05) is 6.54 Å². The zero-order valence-corrected chi connectivity index (χ0v) is 9.62. The first kappa shape index (κ1) is 9.83. The fourth-order valence-electron chi connectivity index (χ4n) is 1.27. The van der Waals surface area contributed by atoms with Gasteiger partial charge in [-0.3, -0.25) is 0 Å². The first-order chi connectivity index (χ1) is 6.79. The Labute approximate surface area is 91.4 Å². The highest BCUT2D eigenvalue weighted by atomic mass is 32.1.